The molecule has 0 bridgehead atoms. The Morgan fingerprint density at radius 1 is 1.24 bits per heavy atom. The highest BCUT2D eigenvalue weighted by Crippen LogP contribution is 2.25. The van der Waals surface area contributed by atoms with Gasteiger partial charge in [0.2, 0.25) is 15.9 Å². The number of nitrogens with two attached hydrogens (primary N) is 1. The Kier molecular flexibility index (Phi) is 6.04. The predicted octanol–water partition coefficient (Wildman–Crippen LogP) is 1.27. The highest BCUT2D eigenvalue weighted by molar-refractivity contribution is 7.89. The van der Waals surface area contributed by atoms with Gasteiger partial charge in [0.15, 0.2) is 0 Å². The molecule has 1 aliphatic rings. The van der Waals surface area contributed by atoms with Crippen LogP contribution in [0.3, 0.4) is 0 Å². The quantitative estimate of drug-likeness (QED) is 0.663. The maximum atomic E-state index is 12.6. The van der Waals surface area contributed by atoms with E-state index in [2.05, 4.69) is 4.72 Å². The number of ether oxygens (including phenoxy) is 2. The number of methoxy groups -OCH3 is 1. The van der Waals surface area contributed by atoms with Crippen LogP contribution in [0, 0.1) is 0 Å². The van der Waals surface area contributed by atoms with E-state index >= 15 is 0 Å². The van der Waals surface area contributed by atoms with Crippen LogP contribution >= 0.6 is 0 Å². The van der Waals surface area contributed by atoms with E-state index in [4.69, 9.17) is 15.2 Å². The van der Waals surface area contributed by atoms with Crippen LogP contribution in [-0.4, -0.2) is 47.2 Å². The molecule has 2 aromatic rings. The van der Waals surface area contributed by atoms with Crippen LogP contribution in [0.1, 0.15) is 15.9 Å². The molecule has 0 atom stereocenters. The lowest BCUT2D eigenvalue weighted by Gasteiger charge is -2.14. The summed E-state index contributed by atoms with van der Waals surface area (Å²) in [7, 11) is -2.57. The standard InChI is InChI=1S/C19H21N3O6S/c1-27-16-7-4-14(18(20)23)12-17(16)29(25,26)21-9-8-13-2-5-15(6-3-13)22-10-11-28-19(22)24/h2-7,12,21H,8-11H2,1H3,(H2,20,23). The van der Waals surface area contributed by atoms with Crippen LogP contribution in [0.2, 0.25) is 0 Å². The Hall–Kier alpha value is -3.11. The van der Waals surface area contributed by atoms with Crippen LogP contribution in [0.5, 0.6) is 5.75 Å². The number of rotatable bonds is 8. The largest absolute Gasteiger partial charge is 0.495 e. The summed E-state index contributed by atoms with van der Waals surface area (Å²) < 4.78 is 37.8. The Morgan fingerprint density at radius 3 is 2.55 bits per heavy atom. The number of amides is 2. The summed E-state index contributed by atoms with van der Waals surface area (Å²) in [4.78, 5) is 24.3. The Morgan fingerprint density at radius 2 is 1.97 bits per heavy atom. The maximum Gasteiger partial charge on any atom is 0.414 e. The molecule has 0 aromatic heterocycles. The molecular weight excluding hydrogens is 398 g/mol. The third-order valence-corrected chi connectivity index (χ3v) is 5.93. The van der Waals surface area contributed by atoms with Crippen molar-refractivity contribution in [3.63, 3.8) is 0 Å². The van der Waals surface area contributed by atoms with E-state index in [-0.39, 0.29) is 28.8 Å². The van der Waals surface area contributed by atoms with Crippen molar-refractivity contribution in [1.82, 2.24) is 4.72 Å². The Balaban J connectivity index is 1.66. The lowest BCUT2D eigenvalue weighted by atomic mass is 10.1. The van der Waals surface area contributed by atoms with Gasteiger partial charge in [-0.2, -0.15) is 0 Å². The van der Waals surface area contributed by atoms with Gasteiger partial charge in [0, 0.05) is 17.8 Å². The van der Waals surface area contributed by atoms with E-state index < -0.39 is 15.9 Å². The number of primary amides is 1. The van der Waals surface area contributed by atoms with E-state index in [0.717, 1.165) is 11.3 Å². The molecule has 0 spiro atoms. The summed E-state index contributed by atoms with van der Waals surface area (Å²) in [5.41, 5.74) is 6.92. The molecule has 3 N–H and O–H groups in total. The molecule has 0 saturated carbocycles. The molecule has 9 nitrogen and oxygen atoms in total. The number of hydrogen-bond donors (Lipinski definition) is 2. The summed E-state index contributed by atoms with van der Waals surface area (Å²) in [6.07, 6.45) is 0.0551. The Bertz CT molecular complexity index is 1020. The van der Waals surface area contributed by atoms with Crippen molar-refractivity contribution in [2.75, 3.05) is 31.7 Å². The van der Waals surface area contributed by atoms with Crippen LogP contribution in [-0.2, 0) is 21.2 Å². The number of carbonyl (C=O) groups excluding carboxylic acids is 2. The third-order valence-electron chi connectivity index (χ3n) is 4.45. The van der Waals surface area contributed by atoms with E-state index in [1.807, 2.05) is 12.1 Å². The average molecular weight is 419 g/mol. The molecule has 1 fully saturated rings. The zero-order chi connectivity index (χ0) is 21.0. The number of sulfonamides is 1. The van der Waals surface area contributed by atoms with Crippen LogP contribution < -0.4 is 20.1 Å². The molecule has 0 aliphatic carbocycles. The van der Waals surface area contributed by atoms with Crippen molar-refractivity contribution in [2.24, 2.45) is 5.73 Å². The molecule has 1 saturated heterocycles. The smallest absolute Gasteiger partial charge is 0.414 e. The number of carbonyl (C=O) groups is 2. The average Bonchev–Trinajstić information content (AvgIpc) is 3.13. The molecule has 10 heteroatoms. The van der Waals surface area contributed by atoms with Gasteiger partial charge in [-0.25, -0.2) is 17.9 Å². The van der Waals surface area contributed by atoms with Crippen molar-refractivity contribution >= 4 is 27.7 Å². The zero-order valence-electron chi connectivity index (χ0n) is 15.8. The molecule has 1 aliphatic heterocycles. The predicted molar refractivity (Wildman–Crippen MR) is 106 cm³/mol. The summed E-state index contributed by atoms with van der Waals surface area (Å²) in [5.74, 6) is -0.615. The summed E-state index contributed by atoms with van der Waals surface area (Å²) in [5, 5.41) is 0. The summed E-state index contributed by atoms with van der Waals surface area (Å²) >= 11 is 0. The lowest BCUT2D eigenvalue weighted by molar-refractivity contribution is 0.1000. The summed E-state index contributed by atoms with van der Waals surface area (Å²) in [6, 6.07) is 11.2. The van der Waals surface area contributed by atoms with Crippen molar-refractivity contribution in [2.45, 2.75) is 11.3 Å². The van der Waals surface area contributed by atoms with Crippen LogP contribution in [0.4, 0.5) is 10.5 Å². The fourth-order valence-electron chi connectivity index (χ4n) is 2.92. The molecule has 29 heavy (non-hydrogen) atoms. The molecule has 2 amide bonds. The molecular formula is C19H21N3O6S. The number of cyclic esters (lactones) is 1. The second-order valence-electron chi connectivity index (χ2n) is 6.31. The number of anilines is 1. The first-order chi connectivity index (χ1) is 13.8. The fourth-order valence-corrected chi connectivity index (χ4v) is 4.14. The van der Waals surface area contributed by atoms with Gasteiger partial charge in [0.25, 0.3) is 0 Å². The fraction of sp³-hybridized carbons (Fsp3) is 0.263. The monoisotopic (exact) mass is 419 g/mol. The van der Waals surface area contributed by atoms with Crippen LogP contribution in [0.25, 0.3) is 0 Å². The lowest BCUT2D eigenvalue weighted by Crippen LogP contribution is -2.27. The number of hydrogen-bond acceptors (Lipinski definition) is 6. The minimum absolute atomic E-state index is 0.0715. The highest BCUT2D eigenvalue weighted by Gasteiger charge is 2.23. The molecule has 0 radical (unpaired) electrons. The SMILES string of the molecule is COc1ccc(C(N)=O)cc1S(=O)(=O)NCCc1ccc(N2CCOC2=O)cc1. The van der Waals surface area contributed by atoms with Crippen molar-refractivity contribution < 1.29 is 27.5 Å². The van der Waals surface area contributed by atoms with Gasteiger partial charge in [-0.15, -0.1) is 0 Å². The first kappa shape index (κ1) is 20.6. The van der Waals surface area contributed by atoms with Crippen molar-refractivity contribution in [3.8, 4) is 5.75 Å². The Labute approximate surface area is 168 Å². The van der Waals surface area contributed by atoms with Gasteiger partial charge in [-0.3, -0.25) is 9.69 Å². The number of benzene rings is 2. The van der Waals surface area contributed by atoms with Gasteiger partial charge in [0.1, 0.15) is 17.3 Å². The van der Waals surface area contributed by atoms with E-state index in [1.54, 1.807) is 12.1 Å². The zero-order valence-corrected chi connectivity index (χ0v) is 16.6. The molecule has 2 aromatic carbocycles. The van der Waals surface area contributed by atoms with Gasteiger partial charge >= 0.3 is 6.09 Å². The minimum atomic E-state index is -3.91. The van der Waals surface area contributed by atoms with Crippen LogP contribution in [0.15, 0.2) is 47.4 Å². The van der Waals surface area contributed by atoms with Gasteiger partial charge in [-0.1, -0.05) is 12.1 Å². The van der Waals surface area contributed by atoms with E-state index in [1.165, 1.54) is 30.2 Å². The van der Waals surface area contributed by atoms with Gasteiger partial charge in [0.05, 0.1) is 13.7 Å². The highest BCUT2D eigenvalue weighted by atomic mass is 32.2. The van der Waals surface area contributed by atoms with Crippen molar-refractivity contribution in [1.29, 1.82) is 0 Å². The minimum Gasteiger partial charge on any atom is -0.495 e. The molecule has 0 unspecified atom stereocenters. The molecule has 1 heterocycles. The second kappa shape index (κ2) is 8.50. The van der Waals surface area contributed by atoms with Gasteiger partial charge < -0.3 is 15.2 Å². The number of nitrogens with zero attached hydrogens (tertiary/aromatic N) is 1. The topological polar surface area (TPSA) is 128 Å². The maximum absolute atomic E-state index is 12.6. The number of nitrogens with one attached hydrogen (secondary N) is 1. The van der Waals surface area contributed by atoms with Crippen molar-refractivity contribution in [3.05, 3.63) is 53.6 Å². The first-order valence-corrected chi connectivity index (χ1v) is 10.3. The summed E-state index contributed by atoms with van der Waals surface area (Å²) in [6.45, 7) is 1.00. The van der Waals surface area contributed by atoms with E-state index in [9.17, 15) is 18.0 Å². The molecule has 154 valence electrons. The first-order valence-electron chi connectivity index (χ1n) is 8.82. The van der Waals surface area contributed by atoms with E-state index in [0.29, 0.717) is 19.6 Å². The second-order valence-corrected chi connectivity index (χ2v) is 8.05. The molecule has 3 rings (SSSR count). The third kappa shape index (κ3) is 4.66. The normalized spacial score (nSPS) is 14.0. The van der Waals surface area contributed by atoms with Gasteiger partial charge in [-0.05, 0) is 42.3 Å².